The number of carbonyl (C=O) groups is 1. The molecule has 0 amide bonds. The minimum absolute atomic E-state index is 0.0753. The molecule has 0 aliphatic heterocycles. The number of aromatic nitrogens is 2. The fourth-order valence-corrected chi connectivity index (χ4v) is 4.04. The van der Waals surface area contributed by atoms with Crippen LogP contribution >= 0.6 is 11.8 Å². The lowest BCUT2D eigenvalue weighted by Crippen LogP contribution is -2.22. The highest BCUT2D eigenvalue weighted by Crippen LogP contribution is 2.37. The van der Waals surface area contributed by atoms with Gasteiger partial charge in [0.15, 0.2) is 5.16 Å². The molecule has 0 spiro atoms. The van der Waals surface area contributed by atoms with Crippen LogP contribution < -0.4 is 0 Å². The molecular formula is C16H26N2O2S. The van der Waals surface area contributed by atoms with E-state index in [9.17, 15) is 4.79 Å². The molecule has 0 saturated heterocycles. The predicted octanol–water partition coefficient (Wildman–Crippen LogP) is 4.32. The zero-order valence-electron chi connectivity index (χ0n) is 13.2. The Balaban J connectivity index is 2.24. The van der Waals surface area contributed by atoms with Crippen molar-refractivity contribution in [3.05, 3.63) is 11.9 Å². The summed E-state index contributed by atoms with van der Waals surface area (Å²) in [5.74, 6) is 0.384. The highest BCUT2D eigenvalue weighted by atomic mass is 32.2. The number of rotatable bonds is 6. The van der Waals surface area contributed by atoms with Crippen molar-refractivity contribution >= 4 is 17.7 Å². The highest BCUT2D eigenvalue weighted by Gasteiger charge is 2.26. The van der Waals surface area contributed by atoms with Crippen molar-refractivity contribution in [1.82, 2.24) is 9.55 Å². The largest absolute Gasteiger partial charge is 0.481 e. The van der Waals surface area contributed by atoms with Gasteiger partial charge in [-0.2, -0.15) is 0 Å². The van der Waals surface area contributed by atoms with Crippen LogP contribution in [0.15, 0.2) is 11.4 Å². The summed E-state index contributed by atoms with van der Waals surface area (Å²) in [6.45, 7) is 6.62. The Morgan fingerprint density at radius 1 is 1.38 bits per heavy atom. The number of hydrogen-bond donors (Lipinski definition) is 1. The molecule has 0 radical (unpaired) electrons. The first-order chi connectivity index (χ1) is 10.0. The van der Waals surface area contributed by atoms with Gasteiger partial charge >= 0.3 is 5.97 Å². The van der Waals surface area contributed by atoms with E-state index in [-0.39, 0.29) is 5.75 Å². The van der Waals surface area contributed by atoms with Crippen LogP contribution in [0.3, 0.4) is 0 Å². The molecule has 4 nitrogen and oxygen atoms in total. The molecular weight excluding hydrogens is 284 g/mol. The van der Waals surface area contributed by atoms with E-state index in [2.05, 4.69) is 30.3 Å². The zero-order valence-corrected chi connectivity index (χ0v) is 14.0. The standard InChI is InChI=1S/C16H26N2O2S/c1-11(2)14-9-17-16(21-10-15(19)20)18(14)12(3)13-7-5-4-6-8-13/h9,11-13H,4-8,10H2,1-3H3,(H,19,20). The second-order valence-electron chi connectivity index (χ2n) is 6.31. The van der Waals surface area contributed by atoms with Crippen molar-refractivity contribution in [1.29, 1.82) is 0 Å². The Morgan fingerprint density at radius 3 is 2.62 bits per heavy atom. The van der Waals surface area contributed by atoms with E-state index in [0.717, 1.165) is 5.16 Å². The number of aliphatic carboxylic acids is 1. The Labute approximate surface area is 131 Å². The van der Waals surface area contributed by atoms with Crippen molar-refractivity contribution in [3.63, 3.8) is 0 Å². The Morgan fingerprint density at radius 2 is 2.05 bits per heavy atom. The van der Waals surface area contributed by atoms with Crippen LogP contribution in [0.1, 0.15) is 70.5 Å². The molecule has 0 aromatic carbocycles. The van der Waals surface area contributed by atoms with Gasteiger partial charge in [0, 0.05) is 17.9 Å². The lowest BCUT2D eigenvalue weighted by atomic mass is 9.84. The van der Waals surface area contributed by atoms with Crippen LogP contribution in [-0.4, -0.2) is 26.4 Å². The first kappa shape index (κ1) is 16.4. The molecule has 1 fully saturated rings. The minimum Gasteiger partial charge on any atom is -0.481 e. The molecule has 1 aromatic rings. The van der Waals surface area contributed by atoms with E-state index in [0.29, 0.717) is 17.9 Å². The molecule has 1 atom stereocenters. The number of hydrogen-bond acceptors (Lipinski definition) is 3. The summed E-state index contributed by atoms with van der Waals surface area (Å²) in [5.41, 5.74) is 1.22. The van der Waals surface area contributed by atoms with Gasteiger partial charge in [-0.1, -0.05) is 44.9 Å². The Bertz CT molecular complexity index is 479. The number of thioether (sulfide) groups is 1. The molecule has 0 bridgehead atoms. The van der Waals surface area contributed by atoms with E-state index in [1.165, 1.54) is 49.6 Å². The lowest BCUT2D eigenvalue weighted by Gasteiger charge is -2.31. The van der Waals surface area contributed by atoms with Gasteiger partial charge in [-0.15, -0.1) is 0 Å². The van der Waals surface area contributed by atoms with Gasteiger partial charge in [0.25, 0.3) is 0 Å². The molecule has 1 heterocycles. The molecule has 5 heteroatoms. The van der Waals surface area contributed by atoms with Gasteiger partial charge in [0.05, 0.1) is 5.75 Å². The van der Waals surface area contributed by atoms with Crippen LogP contribution in [0.25, 0.3) is 0 Å². The first-order valence-corrected chi connectivity index (χ1v) is 8.91. The average Bonchev–Trinajstić information content (AvgIpc) is 2.89. The van der Waals surface area contributed by atoms with Crippen LogP contribution in [0.2, 0.25) is 0 Å². The highest BCUT2D eigenvalue weighted by molar-refractivity contribution is 7.99. The number of nitrogens with zero attached hydrogens (tertiary/aromatic N) is 2. The normalized spacial score (nSPS) is 18.1. The molecule has 2 rings (SSSR count). The quantitative estimate of drug-likeness (QED) is 0.795. The van der Waals surface area contributed by atoms with Crippen LogP contribution in [-0.2, 0) is 4.79 Å². The van der Waals surface area contributed by atoms with Crippen LogP contribution in [0.5, 0.6) is 0 Å². The van der Waals surface area contributed by atoms with Gasteiger partial charge in [0.1, 0.15) is 0 Å². The topological polar surface area (TPSA) is 55.1 Å². The van der Waals surface area contributed by atoms with Crippen molar-refractivity contribution in [2.24, 2.45) is 5.92 Å². The summed E-state index contributed by atoms with van der Waals surface area (Å²) in [5, 5.41) is 9.77. The fraction of sp³-hybridized carbons (Fsp3) is 0.750. The molecule has 1 aliphatic carbocycles. The van der Waals surface area contributed by atoms with Gasteiger partial charge in [-0.05, 0) is 31.6 Å². The van der Waals surface area contributed by atoms with Gasteiger partial charge in [0.2, 0.25) is 0 Å². The van der Waals surface area contributed by atoms with Crippen molar-refractivity contribution in [2.75, 3.05) is 5.75 Å². The van der Waals surface area contributed by atoms with Gasteiger partial charge < -0.3 is 9.67 Å². The van der Waals surface area contributed by atoms with E-state index in [1.54, 1.807) is 0 Å². The number of carboxylic acid groups (broad SMARTS) is 1. The van der Waals surface area contributed by atoms with Gasteiger partial charge in [-0.25, -0.2) is 4.98 Å². The van der Waals surface area contributed by atoms with Crippen LogP contribution in [0, 0.1) is 5.92 Å². The van der Waals surface area contributed by atoms with Crippen molar-refractivity contribution in [3.8, 4) is 0 Å². The smallest absolute Gasteiger partial charge is 0.313 e. The Hall–Kier alpha value is -0.970. The van der Waals surface area contributed by atoms with Crippen molar-refractivity contribution in [2.45, 2.75) is 70.0 Å². The molecule has 1 aliphatic rings. The average molecular weight is 310 g/mol. The summed E-state index contributed by atoms with van der Waals surface area (Å²) in [7, 11) is 0. The van der Waals surface area contributed by atoms with E-state index >= 15 is 0 Å². The van der Waals surface area contributed by atoms with Crippen molar-refractivity contribution < 1.29 is 9.90 Å². The number of imidazole rings is 1. The molecule has 21 heavy (non-hydrogen) atoms. The summed E-state index contributed by atoms with van der Waals surface area (Å²) >= 11 is 1.34. The summed E-state index contributed by atoms with van der Waals surface area (Å²) in [6, 6.07) is 0.404. The summed E-state index contributed by atoms with van der Waals surface area (Å²) in [4.78, 5) is 15.3. The molecule has 1 N–H and O–H groups in total. The number of carboxylic acids is 1. The third-order valence-corrected chi connectivity index (χ3v) is 5.40. The first-order valence-electron chi connectivity index (χ1n) is 7.92. The second-order valence-corrected chi connectivity index (χ2v) is 7.25. The molecule has 1 saturated carbocycles. The maximum Gasteiger partial charge on any atom is 0.313 e. The summed E-state index contributed by atoms with van der Waals surface area (Å²) in [6.07, 6.45) is 8.47. The lowest BCUT2D eigenvalue weighted by molar-refractivity contribution is -0.133. The minimum atomic E-state index is -0.786. The summed E-state index contributed by atoms with van der Waals surface area (Å²) < 4.78 is 2.30. The maximum absolute atomic E-state index is 10.8. The fourth-order valence-electron chi connectivity index (χ4n) is 3.25. The zero-order chi connectivity index (χ0) is 15.4. The van der Waals surface area contributed by atoms with E-state index in [1.807, 2.05) is 6.20 Å². The molecule has 1 unspecified atom stereocenters. The Kier molecular flexibility index (Phi) is 5.73. The molecule has 118 valence electrons. The van der Waals surface area contributed by atoms with E-state index < -0.39 is 5.97 Å². The second kappa shape index (κ2) is 7.34. The van der Waals surface area contributed by atoms with E-state index in [4.69, 9.17) is 5.11 Å². The maximum atomic E-state index is 10.8. The van der Waals surface area contributed by atoms with Crippen LogP contribution in [0.4, 0.5) is 0 Å². The predicted molar refractivity (Wildman–Crippen MR) is 86.0 cm³/mol. The van der Waals surface area contributed by atoms with Gasteiger partial charge in [-0.3, -0.25) is 4.79 Å². The SMILES string of the molecule is CC(C)c1cnc(SCC(=O)O)n1C(C)C1CCCCC1. The molecule has 1 aromatic heterocycles. The third kappa shape index (κ3) is 4.02. The third-order valence-electron chi connectivity index (χ3n) is 4.45. The monoisotopic (exact) mass is 310 g/mol.